The molecule has 7 heteroatoms. The number of carbonyl (C=O) groups is 2. The fourth-order valence-corrected chi connectivity index (χ4v) is 3.31. The highest BCUT2D eigenvalue weighted by Gasteiger charge is 2.36. The van der Waals surface area contributed by atoms with E-state index in [1.54, 1.807) is 18.2 Å². The van der Waals surface area contributed by atoms with Crippen molar-refractivity contribution in [2.24, 2.45) is 0 Å². The van der Waals surface area contributed by atoms with Crippen LogP contribution in [0, 0.1) is 12.7 Å². The zero-order valence-corrected chi connectivity index (χ0v) is 13.4. The summed E-state index contributed by atoms with van der Waals surface area (Å²) in [5.41, 5.74) is 1.24. The SMILES string of the molecule is Cc1csc(NC(=O)C2CCC(=O)N2Cc2ccccc2F)n1. The number of rotatable bonds is 4. The maximum absolute atomic E-state index is 13.8. The van der Waals surface area contributed by atoms with Gasteiger partial charge in [-0.1, -0.05) is 18.2 Å². The van der Waals surface area contributed by atoms with Crippen LogP contribution < -0.4 is 5.32 Å². The Hall–Kier alpha value is -2.28. The average Bonchev–Trinajstić information content (AvgIpc) is 3.08. The number of anilines is 1. The van der Waals surface area contributed by atoms with Crippen LogP contribution in [0.15, 0.2) is 29.6 Å². The number of thiazole rings is 1. The highest BCUT2D eigenvalue weighted by Crippen LogP contribution is 2.24. The molecular formula is C16H16FN3O2S. The molecule has 2 amide bonds. The number of likely N-dealkylation sites (tertiary alicyclic amines) is 1. The normalized spacial score (nSPS) is 17.6. The number of halogens is 1. The Morgan fingerprint density at radius 3 is 2.96 bits per heavy atom. The molecule has 2 heterocycles. The van der Waals surface area contributed by atoms with Gasteiger partial charge in [-0.25, -0.2) is 9.37 Å². The molecule has 1 aromatic carbocycles. The number of benzene rings is 1. The predicted molar refractivity (Wildman–Crippen MR) is 85.5 cm³/mol. The van der Waals surface area contributed by atoms with Crippen molar-refractivity contribution in [3.8, 4) is 0 Å². The largest absolute Gasteiger partial charge is 0.326 e. The van der Waals surface area contributed by atoms with Crippen LogP contribution in [0.2, 0.25) is 0 Å². The molecule has 1 unspecified atom stereocenters. The summed E-state index contributed by atoms with van der Waals surface area (Å²) in [5.74, 6) is -0.785. The van der Waals surface area contributed by atoms with Gasteiger partial charge in [0.25, 0.3) is 0 Å². The van der Waals surface area contributed by atoms with E-state index in [0.717, 1.165) is 5.69 Å². The lowest BCUT2D eigenvalue weighted by molar-refractivity contribution is -0.133. The molecule has 0 radical (unpaired) electrons. The number of aromatic nitrogens is 1. The zero-order valence-electron chi connectivity index (χ0n) is 12.6. The van der Waals surface area contributed by atoms with Crippen LogP contribution >= 0.6 is 11.3 Å². The Morgan fingerprint density at radius 1 is 1.48 bits per heavy atom. The van der Waals surface area contributed by atoms with Crippen molar-refractivity contribution in [3.63, 3.8) is 0 Å². The van der Waals surface area contributed by atoms with Crippen LogP contribution in [0.25, 0.3) is 0 Å². The van der Waals surface area contributed by atoms with Gasteiger partial charge >= 0.3 is 0 Å². The predicted octanol–water partition coefficient (Wildman–Crippen LogP) is 2.72. The van der Waals surface area contributed by atoms with Crippen molar-refractivity contribution in [2.75, 3.05) is 5.32 Å². The van der Waals surface area contributed by atoms with Crippen LogP contribution in [0.5, 0.6) is 0 Å². The monoisotopic (exact) mass is 333 g/mol. The van der Waals surface area contributed by atoms with E-state index in [0.29, 0.717) is 23.5 Å². The molecule has 1 saturated heterocycles. The first-order chi connectivity index (χ1) is 11.0. The Balaban J connectivity index is 1.74. The van der Waals surface area contributed by atoms with E-state index in [-0.39, 0.29) is 24.2 Å². The smallest absolute Gasteiger partial charge is 0.248 e. The number of nitrogens with one attached hydrogen (secondary N) is 1. The Morgan fingerprint density at radius 2 is 2.26 bits per heavy atom. The van der Waals surface area contributed by atoms with Crippen LogP contribution in [0.4, 0.5) is 9.52 Å². The summed E-state index contributed by atoms with van der Waals surface area (Å²) < 4.78 is 13.8. The van der Waals surface area contributed by atoms with Gasteiger partial charge in [0.2, 0.25) is 11.8 Å². The van der Waals surface area contributed by atoms with Gasteiger partial charge in [-0.2, -0.15) is 0 Å². The molecule has 0 saturated carbocycles. The minimum absolute atomic E-state index is 0.0977. The lowest BCUT2D eigenvalue weighted by Crippen LogP contribution is -2.41. The van der Waals surface area contributed by atoms with Crippen molar-refractivity contribution >= 4 is 28.3 Å². The Kier molecular flexibility index (Phi) is 4.38. The van der Waals surface area contributed by atoms with Crippen LogP contribution in [0.1, 0.15) is 24.1 Å². The van der Waals surface area contributed by atoms with E-state index in [2.05, 4.69) is 10.3 Å². The molecule has 1 N–H and O–H groups in total. The highest BCUT2D eigenvalue weighted by molar-refractivity contribution is 7.13. The number of aryl methyl sites for hydroxylation is 1. The first-order valence-corrected chi connectivity index (χ1v) is 8.18. The Labute approximate surface area is 137 Å². The number of carbonyl (C=O) groups excluding carboxylic acids is 2. The highest BCUT2D eigenvalue weighted by atomic mass is 32.1. The summed E-state index contributed by atoms with van der Waals surface area (Å²) in [5, 5.41) is 5.09. The Bertz CT molecular complexity index is 746. The third-order valence-corrected chi connectivity index (χ3v) is 4.65. The van der Waals surface area contributed by atoms with E-state index in [9.17, 15) is 14.0 Å². The molecule has 23 heavy (non-hydrogen) atoms. The summed E-state index contributed by atoms with van der Waals surface area (Å²) in [7, 11) is 0. The molecule has 1 aromatic heterocycles. The van der Waals surface area contributed by atoms with Gasteiger partial charge in [-0.3, -0.25) is 9.59 Å². The molecule has 120 valence electrons. The van der Waals surface area contributed by atoms with E-state index in [1.165, 1.54) is 22.3 Å². The van der Waals surface area contributed by atoms with E-state index in [4.69, 9.17) is 0 Å². The van der Waals surface area contributed by atoms with Crippen LogP contribution in [0.3, 0.4) is 0 Å². The third-order valence-electron chi connectivity index (χ3n) is 3.78. The fraction of sp³-hybridized carbons (Fsp3) is 0.312. The molecule has 1 aliphatic rings. The second-order valence-electron chi connectivity index (χ2n) is 5.45. The summed E-state index contributed by atoms with van der Waals surface area (Å²) in [6, 6.07) is 5.70. The second kappa shape index (κ2) is 6.45. The van der Waals surface area contributed by atoms with Crippen molar-refractivity contribution in [3.05, 3.63) is 46.7 Å². The minimum Gasteiger partial charge on any atom is -0.326 e. The van der Waals surface area contributed by atoms with Gasteiger partial charge < -0.3 is 10.2 Å². The first kappa shape index (κ1) is 15.6. The summed E-state index contributed by atoms with van der Waals surface area (Å²) >= 11 is 1.34. The van der Waals surface area contributed by atoms with Gasteiger partial charge in [-0.05, 0) is 19.4 Å². The lowest BCUT2D eigenvalue weighted by Gasteiger charge is -2.24. The molecule has 2 aromatic rings. The molecule has 1 fully saturated rings. The van der Waals surface area contributed by atoms with Crippen molar-refractivity contribution in [2.45, 2.75) is 32.4 Å². The van der Waals surface area contributed by atoms with Crippen LogP contribution in [-0.4, -0.2) is 27.7 Å². The van der Waals surface area contributed by atoms with Crippen molar-refractivity contribution in [1.82, 2.24) is 9.88 Å². The lowest BCUT2D eigenvalue weighted by atomic mass is 10.1. The molecule has 1 aliphatic heterocycles. The average molecular weight is 333 g/mol. The molecule has 5 nitrogen and oxygen atoms in total. The number of amides is 2. The third kappa shape index (κ3) is 3.39. The molecular weight excluding hydrogens is 317 g/mol. The van der Waals surface area contributed by atoms with Gasteiger partial charge in [0.15, 0.2) is 5.13 Å². The summed E-state index contributed by atoms with van der Waals surface area (Å²) in [6.45, 7) is 1.94. The zero-order chi connectivity index (χ0) is 16.4. The number of hydrogen-bond donors (Lipinski definition) is 1. The number of hydrogen-bond acceptors (Lipinski definition) is 4. The van der Waals surface area contributed by atoms with Gasteiger partial charge in [0, 0.05) is 23.9 Å². The molecule has 3 rings (SSSR count). The first-order valence-electron chi connectivity index (χ1n) is 7.30. The van der Waals surface area contributed by atoms with E-state index < -0.39 is 6.04 Å². The number of nitrogens with zero attached hydrogens (tertiary/aromatic N) is 2. The van der Waals surface area contributed by atoms with Gasteiger partial charge in [0.05, 0.1) is 5.69 Å². The van der Waals surface area contributed by atoms with Crippen molar-refractivity contribution in [1.29, 1.82) is 0 Å². The van der Waals surface area contributed by atoms with Gasteiger partial charge in [0.1, 0.15) is 11.9 Å². The quantitative estimate of drug-likeness (QED) is 0.936. The van der Waals surface area contributed by atoms with E-state index in [1.807, 2.05) is 12.3 Å². The molecule has 0 aliphatic carbocycles. The summed E-state index contributed by atoms with van der Waals surface area (Å²) in [4.78, 5) is 30.1. The summed E-state index contributed by atoms with van der Waals surface area (Å²) in [6.07, 6.45) is 0.729. The maximum Gasteiger partial charge on any atom is 0.248 e. The molecule has 1 atom stereocenters. The minimum atomic E-state index is -0.591. The standard InChI is InChI=1S/C16H16FN3O2S/c1-10-9-23-16(18-10)19-15(22)13-6-7-14(21)20(13)8-11-4-2-3-5-12(11)17/h2-5,9,13H,6-8H2,1H3,(H,18,19,22). The topological polar surface area (TPSA) is 62.3 Å². The van der Waals surface area contributed by atoms with Crippen LogP contribution in [-0.2, 0) is 16.1 Å². The van der Waals surface area contributed by atoms with Crippen molar-refractivity contribution < 1.29 is 14.0 Å². The van der Waals surface area contributed by atoms with Gasteiger partial charge in [-0.15, -0.1) is 11.3 Å². The van der Waals surface area contributed by atoms with E-state index >= 15 is 0 Å². The molecule has 0 bridgehead atoms. The molecule has 0 spiro atoms. The fourth-order valence-electron chi connectivity index (χ4n) is 2.61. The maximum atomic E-state index is 13.8. The second-order valence-corrected chi connectivity index (χ2v) is 6.31.